The first-order valence-corrected chi connectivity index (χ1v) is 9.66. The van der Waals surface area contributed by atoms with Crippen LogP contribution in [0.4, 0.5) is 0 Å². The lowest BCUT2D eigenvalue weighted by Crippen LogP contribution is -2.45. The highest BCUT2D eigenvalue weighted by atomic mass is 32.2. The monoisotopic (exact) mass is 303 g/mol. The molecule has 0 aromatic rings. The highest BCUT2D eigenvalue weighted by Crippen LogP contribution is 2.38. The van der Waals surface area contributed by atoms with Gasteiger partial charge in [-0.15, -0.1) is 0 Å². The summed E-state index contributed by atoms with van der Waals surface area (Å²) in [5.74, 6) is 0.695. The molecule has 118 valence electrons. The summed E-state index contributed by atoms with van der Waals surface area (Å²) in [5, 5.41) is -0.561. The maximum absolute atomic E-state index is 13.0. The second kappa shape index (κ2) is 6.75. The van der Waals surface area contributed by atoms with E-state index in [0.29, 0.717) is 25.5 Å². The summed E-state index contributed by atoms with van der Waals surface area (Å²) < 4.78 is 31.4. The summed E-state index contributed by atoms with van der Waals surface area (Å²) in [6.07, 6.45) is 5.67. The van der Waals surface area contributed by atoms with Gasteiger partial charge in [0.2, 0.25) is 0 Å². The molecule has 5 heteroatoms. The molecule has 1 aliphatic carbocycles. The van der Waals surface area contributed by atoms with E-state index in [1.54, 1.807) is 0 Å². The van der Waals surface area contributed by atoms with Gasteiger partial charge in [-0.05, 0) is 44.6 Å². The summed E-state index contributed by atoms with van der Waals surface area (Å²) >= 11 is 0. The lowest BCUT2D eigenvalue weighted by Gasteiger charge is -2.37. The lowest BCUT2D eigenvalue weighted by atomic mass is 9.80. The van der Waals surface area contributed by atoms with Crippen LogP contribution < -0.4 is 5.73 Å². The maximum Gasteiger partial charge on any atom is 0.158 e. The Labute approximate surface area is 123 Å². The Balaban J connectivity index is 2.17. The van der Waals surface area contributed by atoms with Crippen LogP contribution in [0.3, 0.4) is 0 Å². The number of rotatable bonds is 5. The smallest absolute Gasteiger partial charge is 0.158 e. The van der Waals surface area contributed by atoms with Gasteiger partial charge in [-0.2, -0.15) is 0 Å². The zero-order valence-electron chi connectivity index (χ0n) is 12.8. The van der Waals surface area contributed by atoms with Crippen molar-refractivity contribution < 1.29 is 13.2 Å². The van der Waals surface area contributed by atoms with Gasteiger partial charge in [-0.1, -0.05) is 26.2 Å². The average molecular weight is 303 g/mol. The first-order chi connectivity index (χ1) is 9.50. The minimum atomic E-state index is -3.13. The minimum Gasteiger partial charge on any atom is -0.377 e. The summed E-state index contributed by atoms with van der Waals surface area (Å²) in [7, 11) is -3.13. The van der Waals surface area contributed by atoms with E-state index >= 15 is 0 Å². The molecule has 4 nitrogen and oxygen atoms in total. The third-order valence-corrected chi connectivity index (χ3v) is 8.07. The topological polar surface area (TPSA) is 69.4 Å². The van der Waals surface area contributed by atoms with Crippen LogP contribution in [0.1, 0.15) is 52.4 Å². The fourth-order valence-corrected chi connectivity index (χ4v) is 6.80. The highest BCUT2D eigenvalue weighted by molar-refractivity contribution is 7.92. The Kier molecular flexibility index (Phi) is 5.49. The van der Waals surface area contributed by atoms with Crippen molar-refractivity contribution >= 4 is 9.84 Å². The van der Waals surface area contributed by atoms with Crippen LogP contribution in [0.2, 0.25) is 0 Å². The van der Waals surface area contributed by atoms with Crippen LogP contribution >= 0.6 is 0 Å². The van der Waals surface area contributed by atoms with Crippen LogP contribution in [0, 0.1) is 11.8 Å². The van der Waals surface area contributed by atoms with E-state index in [2.05, 4.69) is 6.92 Å². The Morgan fingerprint density at radius 2 is 1.95 bits per heavy atom. The van der Waals surface area contributed by atoms with Crippen molar-refractivity contribution in [2.45, 2.75) is 69.0 Å². The summed E-state index contributed by atoms with van der Waals surface area (Å²) in [4.78, 5) is 0. The van der Waals surface area contributed by atoms with Crippen LogP contribution in [0.15, 0.2) is 0 Å². The molecule has 0 aromatic carbocycles. The molecular formula is C15H29NO3S. The third kappa shape index (κ3) is 3.20. The first-order valence-electron chi connectivity index (χ1n) is 8.05. The Hall–Kier alpha value is -0.130. The molecule has 0 amide bonds. The lowest BCUT2D eigenvalue weighted by molar-refractivity contribution is 0.126. The predicted molar refractivity (Wildman–Crippen MR) is 81.3 cm³/mol. The van der Waals surface area contributed by atoms with Gasteiger partial charge in [0.05, 0.1) is 16.6 Å². The molecule has 1 saturated carbocycles. The number of sulfone groups is 1. The van der Waals surface area contributed by atoms with Crippen molar-refractivity contribution in [3.05, 3.63) is 0 Å². The molecule has 2 N–H and O–H groups in total. The molecule has 0 spiro atoms. The molecule has 2 aliphatic rings. The van der Waals surface area contributed by atoms with Gasteiger partial charge in [0, 0.05) is 6.61 Å². The molecule has 1 saturated heterocycles. The average Bonchev–Trinajstić information content (AvgIpc) is 2.86. The maximum atomic E-state index is 13.0. The van der Waals surface area contributed by atoms with Crippen LogP contribution in [-0.4, -0.2) is 38.2 Å². The first kappa shape index (κ1) is 16.2. The van der Waals surface area contributed by atoms with Gasteiger partial charge in [-0.3, -0.25) is 0 Å². The third-order valence-electron chi connectivity index (χ3n) is 5.19. The Bertz CT molecular complexity index is 409. The Morgan fingerprint density at radius 3 is 2.50 bits per heavy atom. The highest BCUT2D eigenvalue weighted by Gasteiger charge is 2.45. The fourth-order valence-electron chi connectivity index (χ4n) is 3.98. The fraction of sp³-hybridized carbons (Fsp3) is 1.00. The number of hydrogen-bond acceptors (Lipinski definition) is 4. The summed E-state index contributed by atoms with van der Waals surface area (Å²) in [5.41, 5.74) is 5.85. The molecule has 1 aliphatic heterocycles. The number of nitrogens with two attached hydrogens (primary N) is 1. The number of ether oxygens (including phenoxy) is 1. The van der Waals surface area contributed by atoms with E-state index in [1.807, 2.05) is 6.92 Å². The second-order valence-electron chi connectivity index (χ2n) is 6.49. The van der Waals surface area contributed by atoms with Crippen molar-refractivity contribution in [1.82, 2.24) is 0 Å². The molecule has 5 unspecified atom stereocenters. The van der Waals surface area contributed by atoms with Crippen molar-refractivity contribution in [2.75, 3.05) is 13.2 Å². The Morgan fingerprint density at radius 1 is 1.20 bits per heavy atom. The molecule has 5 atom stereocenters. The SMILES string of the molecule is CCCC1CCC(CN)C(S(=O)(=O)C2CCOC2C)C1. The van der Waals surface area contributed by atoms with Gasteiger partial charge in [-0.25, -0.2) is 8.42 Å². The largest absolute Gasteiger partial charge is 0.377 e. The molecule has 2 fully saturated rings. The van der Waals surface area contributed by atoms with Gasteiger partial charge >= 0.3 is 0 Å². The van der Waals surface area contributed by atoms with Crippen molar-refractivity contribution in [3.63, 3.8) is 0 Å². The van der Waals surface area contributed by atoms with Gasteiger partial charge in [0.25, 0.3) is 0 Å². The van der Waals surface area contributed by atoms with Gasteiger partial charge in [0.15, 0.2) is 9.84 Å². The predicted octanol–water partition coefficient (Wildman–Crippen LogP) is 2.12. The summed E-state index contributed by atoms with van der Waals surface area (Å²) in [6, 6.07) is 0. The van der Waals surface area contributed by atoms with E-state index in [0.717, 1.165) is 32.1 Å². The normalized spacial score (nSPS) is 39.0. The van der Waals surface area contributed by atoms with Crippen molar-refractivity contribution in [3.8, 4) is 0 Å². The van der Waals surface area contributed by atoms with Crippen LogP contribution in [-0.2, 0) is 14.6 Å². The zero-order chi connectivity index (χ0) is 14.8. The minimum absolute atomic E-state index is 0.140. The van der Waals surface area contributed by atoms with Crippen molar-refractivity contribution in [1.29, 1.82) is 0 Å². The molecule has 2 rings (SSSR count). The van der Waals surface area contributed by atoms with E-state index in [9.17, 15) is 8.42 Å². The van der Waals surface area contributed by atoms with E-state index in [1.165, 1.54) is 0 Å². The molecule has 20 heavy (non-hydrogen) atoms. The van der Waals surface area contributed by atoms with Crippen LogP contribution in [0.5, 0.6) is 0 Å². The van der Waals surface area contributed by atoms with Gasteiger partial charge in [0.1, 0.15) is 0 Å². The standard InChI is InChI=1S/C15H29NO3S/c1-3-4-12-5-6-13(10-16)15(9-12)20(17,18)14-7-8-19-11(14)2/h11-15H,3-10,16H2,1-2H3. The number of hydrogen-bond donors (Lipinski definition) is 1. The van der Waals surface area contributed by atoms with Crippen LogP contribution in [0.25, 0.3) is 0 Å². The zero-order valence-corrected chi connectivity index (χ0v) is 13.6. The molecular weight excluding hydrogens is 274 g/mol. The van der Waals surface area contributed by atoms with E-state index in [4.69, 9.17) is 10.5 Å². The molecule has 0 radical (unpaired) electrons. The van der Waals surface area contributed by atoms with E-state index in [-0.39, 0.29) is 22.5 Å². The quantitative estimate of drug-likeness (QED) is 0.844. The van der Waals surface area contributed by atoms with Gasteiger partial charge < -0.3 is 10.5 Å². The van der Waals surface area contributed by atoms with E-state index < -0.39 is 9.84 Å². The molecule has 1 heterocycles. The summed E-state index contributed by atoms with van der Waals surface area (Å²) in [6.45, 7) is 5.12. The molecule has 0 bridgehead atoms. The van der Waals surface area contributed by atoms with Crippen molar-refractivity contribution in [2.24, 2.45) is 17.6 Å². The second-order valence-corrected chi connectivity index (χ2v) is 8.88. The molecule has 0 aromatic heterocycles.